The van der Waals surface area contributed by atoms with Gasteiger partial charge in [-0.25, -0.2) is 13.1 Å². The lowest BCUT2D eigenvalue weighted by atomic mass is 10.1. The molecule has 104 valence electrons. The van der Waals surface area contributed by atoms with E-state index in [2.05, 4.69) is 25.8 Å². The molecule has 0 bridgehead atoms. The minimum atomic E-state index is -3.49. The third-order valence-corrected chi connectivity index (χ3v) is 6.54. The van der Waals surface area contributed by atoms with Gasteiger partial charge in [-0.2, -0.15) is 5.10 Å². The second-order valence-corrected chi connectivity index (χ2v) is 8.61. The van der Waals surface area contributed by atoms with E-state index >= 15 is 0 Å². The van der Waals surface area contributed by atoms with Crippen LogP contribution < -0.4 is 4.72 Å². The summed E-state index contributed by atoms with van der Waals surface area (Å²) in [7, 11) is -1.66. The predicted molar refractivity (Wildman–Crippen MR) is 78.7 cm³/mol. The molecule has 5 nitrogen and oxygen atoms in total. The highest BCUT2D eigenvalue weighted by molar-refractivity contribution is 9.11. The van der Waals surface area contributed by atoms with E-state index < -0.39 is 10.0 Å². The third kappa shape index (κ3) is 3.07. The Morgan fingerprint density at radius 1 is 1.47 bits per heavy atom. The molecule has 2 heterocycles. The summed E-state index contributed by atoms with van der Waals surface area (Å²) in [5.41, 5.74) is 1.82. The summed E-state index contributed by atoms with van der Waals surface area (Å²) in [5.74, 6) is 0. The normalized spacial score (nSPS) is 13.7. The first kappa shape index (κ1) is 14.7. The number of aromatic nitrogens is 2. The van der Waals surface area contributed by atoms with Gasteiger partial charge in [0.1, 0.15) is 4.21 Å². The van der Waals surface area contributed by atoms with Gasteiger partial charge in [0.25, 0.3) is 10.0 Å². The number of hydrogen-bond acceptors (Lipinski definition) is 4. The molecule has 1 N–H and O–H groups in total. The molecular weight excluding hydrogens is 350 g/mol. The van der Waals surface area contributed by atoms with E-state index in [0.717, 1.165) is 15.0 Å². The van der Waals surface area contributed by atoms with Crippen LogP contribution in [0, 0.1) is 6.92 Å². The van der Waals surface area contributed by atoms with Crippen molar-refractivity contribution in [3.8, 4) is 0 Å². The van der Waals surface area contributed by atoms with Crippen molar-refractivity contribution in [3.05, 3.63) is 33.4 Å². The van der Waals surface area contributed by atoms with Gasteiger partial charge in [-0.15, -0.1) is 11.3 Å². The Hall–Kier alpha value is -0.700. The Labute approximate surface area is 124 Å². The lowest BCUT2D eigenvalue weighted by Gasteiger charge is -2.13. The second kappa shape index (κ2) is 5.35. The molecular formula is C11H14BrN3O2S2. The summed E-state index contributed by atoms with van der Waals surface area (Å²) < 4.78 is 29.9. The molecule has 0 aliphatic heterocycles. The fourth-order valence-electron chi connectivity index (χ4n) is 1.74. The first-order chi connectivity index (χ1) is 8.81. The van der Waals surface area contributed by atoms with Gasteiger partial charge in [0.2, 0.25) is 0 Å². The van der Waals surface area contributed by atoms with Gasteiger partial charge in [0.15, 0.2) is 0 Å². The number of nitrogens with zero attached hydrogens (tertiary/aromatic N) is 2. The van der Waals surface area contributed by atoms with Gasteiger partial charge in [-0.3, -0.25) is 4.68 Å². The number of hydrogen-bond donors (Lipinski definition) is 1. The molecule has 0 aliphatic carbocycles. The maximum absolute atomic E-state index is 12.2. The molecule has 8 heteroatoms. The van der Waals surface area contributed by atoms with Crippen molar-refractivity contribution in [2.45, 2.75) is 24.1 Å². The van der Waals surface area contributed by atoms with Crippen molar-refractivity contribution < 1.29 is 8.42 Å². The predicted octanol–water partition coefficient (Wildman–Crippen LogP) is 2.59. The molecule has 19 heavy (non-hydrogen) atoms. The van der Waals surface area contributed by atoms with E-state index in [9.17, 15) is 8.42 Å². The topological polar surface area (TPSA) is 64.0 Å². The molecule has 2 rings (SSSR count). The lowest BCUT2D eigenvalue weighted by Crippen LogP contribution is -2.26. The van der Waals surface area contributed by atoms with Gasteiger partial charge in [0, 0.05) is 24.3 Å². The van der Waals surface area contributed by atoms with Crippen LogP contribution in [-0.2, 0) is 17.1 Å². The Bertz CT molecular complexity index is 691. The van der Waals surface area contributed by atoms with Crippen molar-refractivity contribution in [1.29, 1.82) is 0 Å². The first-order valence-electron chi connectivity index (χ1n) is 5.57. The van der Waals surface area contributed by atoms with E-state index in [1.54, 1.807) is 23.0 Å². The standard InChI is InChI=1S/C11H14BrN3O2S2/c1-7(9-6-13-15(3)8(9)2)14-19(16,17)11-5-4-10(12)18-11/h4-7,14H,1-3H3. The maximum Gasteiger partial charge on any atom is 0.250 e. The molecule has 0 saturated heterocycles. The van der Waals surface area contributed by atoms with Gasteiger partial charge in [-0.1, -0.05) is 0 Å². The van der Waals surface area contributed by atoms with Crippen molar-refractivity contribution in [2.24, 2.45) is 7.05 Å². The van der Waals surface area contributed by atoms with E-state index in [-0.39, 0.29) is 6.04 Å². The summed E-state index contributed by atoms with van der Waals surface area (Å²) in [5, 5.41) is 4.12. The van der Waals surface area contributed by atoms with Crippen molar-refractivity contribution in [3.63, 3.8) is 0 Å². The third-order valence-electron chi connectivity index (χ3n) is 2.89. The van der Waals surface area contributed by atoms with Crippen LogP contribution in [0.5, 0.6) is 0 Å². The SMILES string of the molecule is Cc1c(C(C)NS(=O)(=O)c2ccc(Br)s2)cnn1C. The number of aryl methyl sites for hydroxylation is 1. The highest BCUT2D eigenvalue weighted by atomic mass is 79.9. The van der Waals surface area contributed by atoms with Crippen molar-refractivity contribution >= 4 is 37.3 Å². The molecule has 2 aromatic rings. The van der Waals surface area contributed by atoms with Crippen LogP contribution in [-0.4, -0.2) is 18.2 Å². The van der Waals surface area contributed by atoms with E-state index in [0.29, 0.717) is 4.21 Å². The number of sulfonamides is 1. The first-order valence-corrected chi connectivity index (χ1v) is 8.66. The lowest BCUT2D eigenvalue weighted by molar-refractivity contribution is 0.568. The quantitative estimate of drug-likeness (QED) is 0.907. The number of halogens is 1. The fourth-order valence-corrected chi connectivity index (χ4v) is 4.99. The largest absolute Gasteiger partial charge is 0.273 e. The van der Waals surface area contributed by atoms with Crippen molar-refractivity contribution in [1.82, 2.24) is 14.5 Å². The second-order valence-electron chi connectivity index (χ2n) is 4.21. The summed E-state index contributed by atoms with van der Waals surface area (Å²) in [6.45, 7) is 3.72. The molecule has 0 amide bonds. The van der Waals surface area contributed by atoms with Crippen LogP contribution >= 0.6 is 27.3 Å². The molecule has 0 fully saturated rings. The van der Waals surface area contributed by atoms with Crippen LogP contribution in [0.2, 0.25) is 0 Å². The number of thiophene rings is 1. The van der Waals surface area contributed by atoms with E-state index in [1.807, 2.05) is 20.9 Å². The van der Waals surface area contributed by atoms with Crippen LogP contribution in [0.15, 0.2) is 26.3 Å². The average Bonchev–Trinajstić information content (AvgIpc) is 2.87. The molecule has 1 atom stereocenters. The zero-order chi connectivity index (χ0) is 14.2. The van der Waals surface area contributed by atoms with Crippen LogP contribution in [0.4, 0.5) is 0 Å². The highest BCUT2D eigenvalue weighted by Gasteiger charge is 2.22. The van der Waals surface area contributed by atoms with E-state index in [4.69, 9.17) is 0 Å². The molecule has 0 aliphatic rings. The number of nitrogens with one attached hydrogen (secondary N) is 1. The summed E-state index contributed by atoms with van der Waals surface area (Å²) in [6, 6.07) is 2.98. The fraction of sp³-hybridized carbons (Fsp3) is 0.364. The Kier molecular flexibility index (Phi) is 4.14. The average molecular weight is 364 g/mol. The summed E-state index contributed by atoms with van der Waals surface area (Å²) >= 11 is 4.45. The minimum absolute atomic E-state index is 0.299. The van der Waals surface area contributed by atoms with Crippen LogP contribution in [0.1, 0.15) is 24.2 Å². The van der Waals surface area contributed by atoms with Gasteiger partial charge >= 0.3 is 0 Å². The molecule has 0 saturated carbocycles. The Morgan fingerprint density at radius 2 is 2.16 bits per heavy atom. The molecule has 0 aromatic carbocycles. The van der Waals surface area contributed by atoms with Crippen LogP contribution in [0.3, 0.4) is 0 Å². The van der Waals surface area contributed by atoms with Crippen LogP contribution in [0.25, 0.3) is 0 Å². The maximum atomic E-state index is 12.2. The summed E-state index contributed by atoms with van der Waals surface area (Å²) in [4.78, 5) is 0. The highest BCUT2D eigenvalue weighted by Crippen LogP contribution is 2.27. The van der Waals surface area contributed by atoms with E-state index in [1.165, 1.54) is 11.3 Å². The zero-order valence-corrected chi connectivity index (χ0v) is 13.9. The molecule has 0 spiro atoms. The Balaban J connectivity index is 2.23. The molecule has 1 unspecified atom stereocenters. The van der Waals surface area contributed by atoms with Crippen molar-refractivity contribution in [2.75, 3.05) is 0 Å². The Morgan fingerprint density at radius 3 is 2.63 bits per heavy atom. The zero-order valence-electron chi connectivity index (χ0n) is 10.7. The summed E-state index contributed by atoms with van der Waals surface area (Å²) in [6.07, 6.45) is 1.69. The molecule has 2 aromatic heterocycles. The molecule has 0 radical (unpaired) electrons. The smallest absolute Gasteiger partial charge is 0.250 e. The minimum Gasteiger partial charge on any atom is -0.273 e. The monoisotopic (exact) mass is 363 g/mol. The van der Waals surface area contributed by atoms with Gasteiger partial charge in [-0.05, 0) is 41.9 Å². The van der Waals surface area contributed by atoms with Gasteiger partial charge < -0.3 is 0 Å². The van der Waals surface area contributed by atoms with Gasteiger partial charge in [0.05, 0.1) is 9.98 Å². The number of rotatable bonds is 4.